The molecule has 3 aromatic rings. The Hall–Kier alpha value is -2.92. The highest BCUT2D eigenvalue weighted by Gasteiger charge is 2.21. The van der Waals surface area contributed by atoms with Crippen LogP contribution in [0.2, 0.25) is 0 Å². The maximum atomic E-state index is 13.3. The van der Waals surface area contributed by atoms with Crippen LogP contribution < -0.4 is 10.1 Å². The summed E-state index contributed by atoms with van der Waals surface area (Å²) in [4.78, 5) is 12.2. The number of nitrogens with zero attached hydrogens (tertiary/aromatic N) is 5. The van der Waals surface area contributed by atoms with Gasteiger partial charge in [-0.25, -0.2) is 4.39 Å². The molecule has 0 bridgehead atoms. The second kappa shape index (κ2) is 9.52. The molecule has 0 unspecified atom stereocenters. The molecule has 0 atom stereocenters. The number of rotatable bonds is 9. The predicted octanol–water partition coefficient (Wildman–Crippen LogP) is 2.20. The third kappa shape index (κ3) is 5.12. The maximum absolute atomic E-state index is 13.3. The van der Waals surface area contributed by atoms with Crippen molar-refractivity contribution < 1.29 is 18.7 Å². The summed E-state index contributed by atoms with van der Waals surface area (Å²) in [5, 5.41) is 15.9. The van der Waals surface area contributed by atoms with Crippen molar-refractivity contribution in [1.82, 2.24) is 24.5 Å². The second-order valence-corrected chi connectivity index (χ2v) is 6.97. The summed E-state index contributed by atoms with van der Waals surface area (Å²) in [5.41, 5.74) is 1.09. The lowest BCUT2D eigenvalue weighted by atomic mass is 10.3. The van der Waals surface area contributed by atoms with Gasteiger partial charge in [0, 0.05) is 26.0 Å². The molecule has 0 aliphatic carbocycles. The number of thioether (sulfide) groups is 1. The third-order valence-electron chi connectivity index (χ3n) is 3.91. The number of ether oxygens (including phenoxy) is 2. The second-order valence-electron chi connectivity index (χ2n) is 6.02. The van der Waals surface area contributed by atoms with Gasteiger partial charge in [-0.05, 0) is 18.2 Å². The van der Waals surface area contributed by atoms with Crippen molar-refractivity contribution in [2.24, 2.45) is 7.05 Å². The Morgan fingerprint density at radius 1 is 1.31 bits per heavy atom. The summed E-state index contributed by atoms with van der Waals surface area (Å²) < 4.78 is 27.2. The molecule has 1 N–H and O–H groups in total. The predicted molar refractivity (Wildman–Crippen MR) is 106 cm³/mol. The Morgan fingerprint density at radius 3 is 2.86 bits per heavy atom. The smallest absolute Gasteiger partial charge is 0.243 e. The molecule has 0 fully saturated rings. The number of aryl methyl sites for hydroxylation is 1. The van der Waals surface area contributed by atoms with Crippen LogP contribution in [-0.2, 0) is 23.1 Å². The van der Waals surface area contributed by atoms with Gasteiger partial charge in [0.1, 0.15) is 11.4 Å². The van der Waals surface area contributed by atoms with Crippen LogP contribution in [0.3, 0.4) is 0 Å². The zero-order valence-corrected chi connectivity index (χ0v) is 17.1. The van der Waals surface area contributed by atoms with Gasteiger partial charge in [0.05, 0.1) is 26.0 Å². The topological polar surface area (TPSA) is 96.1 Å². The lowest BCUT2D eigenvalue weighted by Gasteiger charge is -2.09. The molecule has 0 aliphatic heterocycles. The van der Waals surface area contributed by atoms with Crippen LogP contribution in [0.4, 0.5) is 10.1 Å². The first-order valence-corrected chi connectivity index (χ1v) is 9.68. The minimum atomic E-state index is -0.412. The van der Waals surface area contributed by atoms with Gasteiger partial charge in [0.25, 0.3) is 0 Å². The molecule has 29 heavy (non-hydrogen) atoms. The Morgan fingerprint density at radius 2 is 2.14 bits per heavy atom. The van der Waals surface area contributed by atoms with Crippen molar-refractivity contribution in [3.05, 3.63) is 36.3 Å². The first kappa shape index (κ1) is 20.8. The monoisotopic (exact) mass is 420 g/mol. The Bertz CT molecular complexity index is 990. The average Bonchev–Trinajstić information content (AvgIpc) is 3.27. The van der Waals surface area contributed by atoms with Gasteiger partial charge in [-0.2, -0.15) is 0 Å². The number of anilines is 1. The molecule has 0 radical (unpaired) electrons. The molecular formula is C18H21FN6O3S. The Balaban J connectivity index is 1.76. The van der Waals surface area contributed by atoms with Crippen molar-refractivity contribution in [2.45, 2.75) is 11.7 Å². The minimum Gasteiger partial charge on any atom is -0.479 e. The normalized spacial score (nSPS) is 10.9. The summed E-state index contributed by atoms with van der Waals surface area (Å²) in [6.45, 7) is 0.932. The number of hydrogen-bond donors (Lipinski definition) is 1. The minimum absolute atomic E-state index is 0.0891. The zero-order valence-electron chi connectivity index (χ0n) is 16.3. The average molecular weight is 420 g/mol. The number of aromatic nitrogens is 5. The highest BCUT2D eigenvalue weighted by atomic mass is 32.2. The van der Waals surface area contributed by atoms with Gasteiger partial charge >= 0.3 is 0 Å². The van der Waals surface area contributed by atoms with E-state index in [2.05, 4.69) is 20.6 Å². The lowest BCUT2D eigenvalue weighted by molar-refractivity contribution is -0.113. The van der Waals surface area contributed by atoms with E-state index >= 15 is 0 Å². The van der Waals surface area contributed by atoms with E-state index in [-0.39, 0.29) is 11.7 Å². The van der Waals surface area contributed by atoms with E-state index in [0.717, 1.165) is 0 Å². The van der Waals surface area contributed by atoms with E-state index < -0.39 is 5.82 Å². The van der Waals surface area contributed by atoms with E-state index in [1.54, 1.807) is 31.1 Å². The molecule has 2 aromatic heterocycles. The van der Waals surface area contributed by atoms with Gasteiger partial charge < -0.3 is 14.8 Å². The lowest BCUT2D eigenvalue weighted by Crippen LogP contribution is -2.15. The first-order chi connectivity index (χ1) is 14.0. The molecule has 1 amide bonds. The summed E-state index contributed by atoms with van der Waals surface area (Å²) >= 11 is 1.22. The van der Waals surface area contributed by atoms with Gasteiger partial charge in [0.2, 0.25) is 11.8 Å². The summed E-state index contributed by atoms with van der Waals surface area (Å²) in [6, 6.07) is 5.74. The zero-order chi connectivity index (χ0) is 20.8. The van der Waals surface area contributed by atoms with Crippen LogP contribution in [0, 0.1) is 5.82 Å². The molecule has 1 aromatic carbocycles. The number of amides is 1. The molecule has 0 spiro atoms. The first-order valence-electron chi connectivity index (χ1n) is 8.70. The summed E-state index contributed by atoms with van der Waals surface area (Å²) in [7, 11) is 4.93. The van der Waals surface area contributed by atoms with E-state index in [4.69, 9.17) is 9.47 Å². The fourth-order valence-corrected chi connectivity index (χ4v) is 3.41. The van der Waals surface area contributed by atoms with E-state index in [1.807, 2.05) is 4.57 Å². The van der Waals surface area contributed by atoms with Gasteiger partial charge in [-0.15, -0.1) is 15.3 Å². The van der Waals surface area contributed by atoms with E-state index in [0.29, 0.717) is 41.3 Å². The molecule has 154 valence electrons. The fourth-order valence-electron chi connectivity index (χ4n) is 2.64. The number of hydrogen-bond acceptors (Lipinski definition) is 7. The molecule has 3 rings (SSSR count). The molecule has 0 saturated heterocycles. The Labute approximate surface area is 171 Å². The molecule has 2 heterocycles. The Kier molecular flexibility index (Phi) is 6.83. The highest BCUT2D eigenvalue weighted by Crippen LogP contribution is 2.30. The standard InChI is InChI=1S/C18H21FN6O3S/c1-24-10-14(17(23-24)28-3)16-21-22-18(25(16)7-8-27-2)29-11-15(26)20-13-6-4-5-12(19)9-13/h4-6,9-10H,7-8,11H2,1-3H3,(H,20,26). The van der Waals surface area contributed by atoms with Gasteiger partial charge in [-0.3, -0.25) is 14.0 Å². The van der Waals surface area contributed by atoms with Crippen LogP contribution in [-0.4, -0.2) is 57.0 Å². The largest absolute Gasteiger partial charge is 0.479 e. The van der Waals surface area contributed by atoms with Crippen LogP contribution in [0.15, 0.2) is 35.6 Å². The van der Waals surface area contributed by atoms with Gasteiger partial charge in [-0.1, -0.05) is 17.8 Å². The molecule has 0 saturated carbocycles. The third-order valence-corrected chi connectivity index (χ3v) is 4.87. The summed E-state index contributed by atoms with van der Waals surface area (Å²) in [6.07, 6.45) is 1.79. The van der Waals surface area contributed by atoms with Crippen molar-refractivity contribution in [2.75, 3.05) is 31.9 Å². The fraction of sp³-hybridized carbons (Fsp3) is 0.333. The number of methoxy groups -OCH3 is 2. The molecule has 11 heteroatoms. The van der Waals surface area contributed by atoms with Crippen LogP contribution in [0.25, 0.3) is 11.4 Å². The number of benzene rings is 1. The van der Waals surface area contributed by atoms with Crippen LogP contribution in [0.5, 0.6) is 5.88 Å². The van der Waals surface area contributed by atoms with Crippen LogP contribution in [0.1, 0.15) is 0 Å². The highest BCUT2D eigenvalue weighted by molar-refractivity contribution is 7.99. The number of halogens is 1. The summed E-state index contributed by atoms with van der Waals surface area (Å²) in [5.74, 6) is 0.400. The van der Waals surface area contributed by atoms with Crippen molar-refractivity contribution in [3.63, 3.8) is 0 Å². The van der Waals surface area contributed by atoms with E-state index in [9.17, 15) is 9.18 Å². The molecule has 9 nitrogen and oxygen atoms in total. The van der Waals surface area contributed by atoms with Crippen molar-refractivity contribution in [3.8, 4) is 17.3 Å². The van der Waals surface area contributed by atoms with Crippen LogP contribution >= 0.6 is 11.8 Å². The SMILES string of the molecule is COCCn1c(SCC(=O)Nc2cccc(F)c2)nnc1-c1cn(C)nc1OC. The number of carbonyl (C=O) groups is 1. The van der Waals surface area contributed by atoms with Crippen molar-refractivity contribution >= 4 is 23.4 Å². The molecular weight excluding hydrogens is 399 g/mol. The van der Waals surface area contributed by atoms with Gasteiger partial charge in [0.15, 0.2) is 11.0 Å². The van der Waals surface area contributed by atoms with E-state index in [1.165, 1.54) is 37.1 Å². The quantitative estimate of drug-likeness (QED) is 0.530. The number of nitrogens with one attached hydrogen (secondary N) is 1. The van der Waals surface area contributed by atoms with Crippen molar-refractivity contribution in [1.29, 1.82) is 0 Å². The maximum Gasteiger partial charge on any atom is 0.243 e. The number of carbonyl (C=O) groups excluding carboxylic acids is 1. The molecule has 0 aliphatic rings.